The van der Waals surface area contributed by atoms with Crippen LogP contribution < -0.4 is 5.73 Å². The zero-order chi connectivity index (χ0) is 13.3. The molecule has 0 amide bonds. The van der Waals surface area contributed by atoms with Gasteiger partial charge in [-0.05, 0) is 44.9 Å². The quantitative estimate of drug-likeness (QED) is 0.759. The molecular formula is C14H26N2O2. The van der Waals surface area contributed by atoms with E-state index in [2.05, 4.69) is 18.7 Å². The van der Waals surface area contributed by atoms with Gasteiger partial charge in [0.15, 0.2) is 0 Å². The predicted octanol–water partition coefficient (Wildman–Crippen LogP) is 1.53. The zero-order valence-corrected chi connectivity index (χ0v) is 11.8. The zero-order valence-electron chi connectivity index (χ0n) is 11.8. The van der Waals surface area contributed by atoms with Crippen LogP contribution in [0.15, 0.2) is 0 Å². The molecule has 1 aliphatic carbocycles. The number of rotatable bonds is 2. The molecule has 1 saturated heterocycles. The minimum atomic E-state index is -0.761. The molecule has 4 unspecified atom stereocenters. The second-order valence-electron chi connectivity index (χ2n) is 6.28. The normalized spacial score (nSPS) is 41.9. The Morgan fingerprint density at radius 3 is 2.72 bits per heavy atom. The summed E-state index contributed by atoms with van der Waals surface area (Å²) in [5.41, 5.74) is 5.49. The summed E-state index contributed by atoms with van der Waals surface area (Å²) in [5, 5.41) is 0. The Kier molecular flexibility index (Phi) is 3.97. The molecule has 0 aromatic rings. The van der Waals surface area contributed by atoms with Crippen LogP contribution in [0.2, 0.25) is 0 Å². The molecule has 1 aliphatic heterocycles. The lowest BCUT2D eigenvalue weighted by atomic mass is 9.79. The third-order valence-corrected chi connectivity index (χ3v) is 4.65. The topological polar surface area (TPSA) is 55.6 Å². The average molecular weight is 254 g/mol. The summed E-state index contributed by atoms with van der Waals surface area (Å²) < 4.78 is 4.87. The van der Waals surface area contributed by atoms with Crippen molar-refractivity contribution in [2.45, 2.75) is 63.6 Å². The molecular weight excluding hydrogens is 228 g/mol. The van der Waals surface area contributed by atoms with Crippen molar-refractivity contribution >= 4 is 5.97 Å². The summed E-state index contributed by atoms with van der Waals surface area (Å²) in [4.78, 5) is 14.4. The van der Waals surface area contributed by atoms with Gasteiger partial charge in [0.25, 0.3) is 0 Å². The number of ether oxygens (including phenoxy) is 1. The van der Waals surface area contributed by atoms with Gasteiger partial charge in [-0.1, -0.05) is 6.92 Å². The highest BCUT2D eigenvalue weighted by Gasteiger charge is 2.44. The van der Waals surface area contributed by atoms with Crippen molar-refractivity contribution in [1.29, 1.82) is 0 Å². The number of carbonyl (C=O) groups excluding carboxylic acids is 1. The van der Waals surface area contributed by atoms with E-state index in [4.69, 9.17) is 10.5 Å². The Labute approximate surface area is 110 Å². The van der Waals surface area contributed by atoms with Crippen molar-refractivity contribution in [3.05, 3.63) is 0 Å². The smallest absolute Gasteiger partial charge is 0.325 e. The van der Waals surface area contributed by atoms with Crippen LogP contribution in [0.3, 0.4) is 0 Å². The third-order valence-electron chi connectivity index (χ3n) is 4.65. The lowest BCUT2D eigenvalue weighted by Gasteiger charge is -2.41. The molecule has 0 bridgehead atoms. The number of esters is 1. The number of nitrogens with two attached hydrogens (primary N) is 1. The Morgan fingerprint density at radius 2 is 2.17 bits per heavy atom. The average Bonchev–Trinajstić information content (AvgIpc) is 2.67. The van der Waals surface area contributed by atoms with E-state index in [9.17, 15) is 4.79 Å². The third kappa shape index (κ3) is 2.54. The molecule has 18 heavy (non-hydrogen) atoms. The van der Waals surface area contributed by atoms with E-state index in [0.717, 1.165) is 38.1 Å². The molecule has 1 heterocycles. The van der Waals surface area contributed by atoms with E-state index in [1.165, 1.54) is 13.5 Å². The van der Waals surface area contributed by atoms with Crippen molar-refractivity contribution < 1.29 is 9.53 Å². The number of hydrogen-bond donors (Lipinski definition) is 1. The molecule has 4 nitrogen and oxygen atoms in total. The van der Waals surface area contributed by atoms with E-state index >= 15 is 0 Å². The van der Waals surface area contributed by atoms with Crippen LogP contribution >= 0.6 is 0 Å². The van der Waals surface area contributed by atoms with Gasteiger partial charge in [-0.3, -0.25) is 9.69 Å². The largest absolute Gasteiger partial charge is 0.468 e. The standard InChI is InChI=1S/C14H26N2O2/c1-10-7-11(2)16(9-10)12-5-4-6-14(15,8-12)13(17)18-3/h10-12H,4-9,15H2,1-3H3. The van der Waals surface area contributed by atoms with Gasteiger partial charge in [-0.15, -0.1) is 0 Å². The van der Waals surface area contributed by atoms with Gasteiger partial charge >= 0.3 is 5.97 Å². The van der Waals surface area contributed by atoms with Gasteiger partial charge in [0, 0.05) is 18.6 Å². The molecule has 2 N–H and O–H groups in total. The molecule has 0 aromatic heterocycles. The van der Waals surface area contributed by atoms with E-state index < -0.39 is 5.54 Å². The van der Waals surface area contributed by atoms with Gasteiger partial charge in [0.05, 0.1) is 7.11 Å². The van der Waals surface area contributed by atoms with Crippen molar-refractivity contribution in [3.63, 3.8) is 0 Å². The monoisotopic (exact) mass is 254 g/mol. The maximum absolute atomic E-state index is 11.8. The van der Waals surface area contributed by atoms with E-state index in [0.29, 0.717) is 12.1 Å². The Bertz CT molecular complexity index is 321. The van der Waals surface area contributed by atoms with Crippen molar-refractivity contribution in [3.8, 4) is 0 Å². The van der Waals surface area contributed by atoms with Crippen molar-refractivity contribution in [2.75, 3.05) is 13.7 Å². The SMILES string of the molecule is COC(=O)C1(N)CCCC(N2CC(C)CC2C)C1. The highest BCUT2D eigenvalue weighted by molar-refractivity contribution is 5.80. The Balaban J connectivity index is 2.05. The van der Waals surface area contributed by atoms with Gasteiger partial charge in [0.2, 0.25) is 0 Å². The molecule has 1 saturated carbocycles. The van der Waals surface area contributed by atoms with Crippen LogP contribution in [-0.4, -0.2) is 42.1 Å². The first-order valence-electron chi connectivity index (χ1n) is 7.09. The van der Waals surface area contributed by atoms with Gasteiger partial charge in [-0.2, -0.15) is 0 Å². The summed E-state index contributed by atoms with van der Waals surface area (Å²) in [5.74, 6) is 0.513. The fourth-order valence-corrected chi connectivity index (χ4v) is 3.79. The second-order valence-corrected chi connectivity index (χ2v) is 6.28. The van der Waals surface area contributed by atoms with E-state index in [1.54, 1.807) is 0 Å². The van der Waals surface area contributed by atoms with Crippen LogP contribution in [0.5, 0.6) is 0 Å². The molecule has 0 aromatic carbocycles. The lowest BCUT2D eigenvalue weighted by molar-refractivity contribution is -0.149. The number of likely N-dealkylation sites (tertiary alicyclic amines) is 1. The summed E-state index contributed by atoms with van der Waals surface area (Å²) in [7, 11) is 1.43. The maximum atomic E-state index is 11.8. The molecule has 104 valence electrons. The first-order chi connectivity index (χ1) is 8.46. The Morgan fingerprint density at radius 1 is 1.44 bits per heavy atom. The molecule has 0 radical (unpaired) electrons. The second kappa shape index (κ2) is 5.17. The highest BCUT2D eigenvalue weighted by Crippen LogP contribution is 2.35. The maximum Gasteiger partial charge on any atom is 0.325 e. The van der Waals surface area contributed by atoms with E-state index in [-0.39, 0.29) is 5.97 Å². The van der Waals surface area contributed by atoms with Gasteiger partial charge in [0.1, 0.15) is 5.54 Å². The fraction of sp³-hybridized carbons (Fsp3) is 0.929. The summed E-state index contributed by atoms with van der Waals surface area (Å²) >= 11 is 0. The van der Waals surface area contributed by atoms with Crippen LogP contribution in [0.4, 0.5) is 0 Å². The summed E-state index contributed by atoms with van der Waals surface area (Å²) in [6, 6.07) is 1.06. The van der Waals surface area contributed by atoms with Crippen molar-refractivity contribution in [1.82, 2.24) is 4.90 Å². The van der Waals surface area contributed by atoms with E-state index in [1.807, 2.05) is 0 Å². The van der Waals surface area contributed by atoms with Gasteiger partial charge in [-0.25, -0.2) is 0 Å². The minimum absolute atomic E-state index is 0.243. The molecule has 0 spiro atoms. The number of carbonyl (C=O) groups is 1. The van der Waals surface area contributed by atoms with Crippen LogP contribution in [-0.2, 0) is 9.53 Å². The minimum Gasteiger partial charge on any atom is -0.468 e. The van der Waals surface area contributed by atoms with Gasteiger partial charge < -0.3 is 10.5 Å². The highest BCUT2D eigenvalue weighted by atomic mass is 16.5. The fourth-order valence-electron chi connectivity index (χ4n) is 3.79. The Hall–Kier alpha value is -0.610. The summed E-state index contributed by atoms with van der Waals surface area (Å²) in [6.45, 7) is 5.73. The molecule has 2 fully saturated rings. The molecule has 2 rings (SSSR count). The van der Waals surface area contributed by atoms with Crippen LogP contribution in [0.25, 0.3) is 0 Å². The molecule has 2 aliphatic rings. The first kappa shape index (κ1) is 13.8. The number of methoxy groups -OCH3 is 1. The number of nitrogens with zero attached hydrogens (tertiary/aromatic N) is 1. The predicted molar refractivity (Wildman–Crippen MR) is 71.1 cm³/mol. The first-order valence-corrected chi connectivity index (χ1v) is 7.09. The van der Waals surface area contributed by atoms with Crippen LogP contribution in [0.1, 0.15) is 46.0 Å². The van der Waals surface area contributed by atoms with Crippen LogP contribution in [0, 0.1) is 5.92 Å². The molecule has 4 atom stereocenters. The molecule has 4 heteroatoms. The number of hydrogen-bond acceptors (Lipinski definition) is 4. The van der Waals surface area contributed by atoms with Crippen molar-refractivity contribution in [2.24, 2.45) is 11.7 Å². The lowest BCUT2D eigenvalue weighted by Crippen LogP contribution is -2.56. The summed E-state index contributed by atoms with van der Waals surface area (Å²) in [6.07, 6.45) is 4.94.